The molecule has 0 atom stereocenters. The number of aromatic carboxylic acids is 1. The van der Waals surface area contributed by atoms with Crippen LogP contribution < -0.4 is 9.47 Å². The van der Waals surface area contributed by atoms with Gasteiger partial charge in [0, 0.05) is 16.0 Å². The van der Waals surface area contributed by atoms with Gasteiger partial charge in [-0.1, -0.05) is 60.1 Å². The van der Waals surface area contributed by atoms with Crippen molar-refractivity contribution in [1.29, 1.82) is 0 Å². The summed E-state index contributed by atoms with van der Waals surface area (Å²) in [6.45, 7) is 0.324. The molecule has 0 spiro atoms. The maximum Gasteiger partial charge on any atom is 0.336 e. The molecule has 0 fully saturated rings. The summed E-state index contributed by atoms with van der Waals surface area (Å²) in [5, 5.41) is 10.8. The van der Waals surface area contributed by atoms with Crippen molar-refractivity contribution in [1.82, 2.24) is 4.98 Å². The summed E-state index contributed by atoms with van der Waals surface area (Å²) in [5.74, 6) is 0.193. The molecule has 4 rings (SSSR count). The van der Waals surface area contributed by atoms with Gasteiger partial charge in [-0.25, -0.2) is 9.78 Å². The fourth-order valence-corrected chi connectivity index (χ4v) is 3.51. The zero-order chi connectivity index (χ0) is 22.5. The van der Waals surface area contributed by atoms with Gasteiger partial charge in [-0.05, 0) is 42.0 Å². The number of aromatic nitrogens is 1. The first-order valence-electron chi connectivity index (χ1n) is 9.90. The maximum absolute atomic E-state index is 11.7. The summed E-state index contributed by atoms with van der Waals surface area (Å²) in [4.78, 5) is 16.2. The molecule has 32 heavy (non-hydrogen) atoms. The number of pyridine rings is 1. The summed E-state index contributed by atoms with van der Waals surface area (Å²) in [6, 6.07) is 21.8. The fourth-order valence-electron chi connectivity index (χ4n) is 3.32. The highest BCUT2D eigenvalue weighted by Gasteiger charge is 2.11. The van der Waals surface area contributed by atoms with Crippen molar-refractivity contribution in [3.8, 4) is 11.5 Å². The predicted molar refractivity (Wildman–Crippen MR) is 126 cm³/mol. The highest BCUT2D eigenvalue weighted by molar-refractivity contribution is 6.31. The smallest absolute Gasteiger partial charge is 0.336 e. The number of carbonyl (C=O) groups is 1. The number of rotatable bonds is 7. The van der Waals surface area contributed by atoms with Crippen molar-refractivity contribution in [3.05, 3.63) is 100 Å². The van der Waals surface area contributed by atoms with Gasteiger partial charge in [0.1, 0.15) is 6.61 Å². The number of nitrogens with zero attached hydrogens (tertiary/aromatic N) is 1. The number of benzene rings is 3. The van der Waals surface area contributed by atoms with Crippen molar-refractivity contribution in [2.75, 3.05) is 7.11 Å². The summed E-state index contributed by atoms with van der Waals surface area (Å²) < 4.78 is 11.4. The van der Waals surface area contributed by atoms with Crippen molar-refractivity contribution in [2.24, 2.45) is 0 Å². The van der Waals surface area contributed by atoms with Crippen LogP contribution in [0.3, 0.4) is 0 Å². The number of carboxylic acid groups (broad SMARTS) is 1. The van der Waals surface area contributed by atoms with Crippen LogP contribution in [0.25, 0.3) is 23.1 Å². The van der Waals surface area contributed by atoms with Gasteiger partial charge in [-0.3, -0.25) is 0 Å². The number of methoxy groups -OCH3 is 1. The lowest BCUT2D eigenvalue weighted by molar-refractivity contribution is 0.0699. The maximum atomic E-state index is 11.7. The van der Waals surface area contributed by atoms with Crippen molar-refractivity contribution in [3.63, 3.8) is 0 Å². The standard InChI is InChI=1S/C26H20ClNO4/c1-31-25-14-17(11-13-24(25)32-16-18-6-2-4-8-22(18)27)10-12-19-15-21(26(29)30)20-7-3-5-9-23(20)28-19/h2-15H,16H2,1H3,(H,29,30). The highest BCUT2D eigenvalue weighted by Crippen LogP contribution is 2.30. The summed E-state index contributed by atoms with van der Waals surface area (Å²) in [6.07, 6.45) is 3.63. The first kappa shape index (κ1) is 21.4. The lowest BCUT2D eigenvalue weighted by Crippen LogP contribution is -2.00. The van der Waals surface area contributed by atoms with E-state index in [1.54, 1.807) is 37.5 Å². The van der Waals surface area contributed by atoms with Gasteiger partial charge in [0.15, 0.2) is 11.5 Å². The molecule has 0 saturated carbocycles. The lowest BCUT2D eigenvalue weighted by Gasteiger charge is -2.12. The average molecular weight is 446 g/mol. The molecule has 160 valence electrons. The fraction of sp³-hybridized carbons (Fsp3) is 0.0769. The second kappa shape index (κ2) is 9.54. The molecule has 4 aromatic rings. The number of para-hydroxylation sites is 1. The van der Waals surface area contributed by atoms with E-state index in [2.05, 4.69) is 4.98 Å². The second-order valence-electron chi connectivity index (χ2n) is 7.04. The zero-order valence-corrected chi connectivity index (χ0v) is 18.0. The van der Waals surface area contributed by atoms with E-state index in [0.717, 1.165) is 11.1 Å². The van der Waals surface area contributed by atoms with Crippen LogP contribution in [0, 0.1) is 0 Å². The number of halogens is 1. The van der Waals surface area contributed by atoms with Crippen molar-refractivity contribution in [2.45, 2.75) is 6.61 Å². The Morgan fingerprint density at radius 2 is 1.78 bits per heavy atom. The molecule has 3 aromatic carbocycles. The summed E-state index contributed by atoms with van der Waals surface area (Å²) in [5.41, 5.74) is 3.15. The third-order valence-corrected chi connectivity index (χ3v) is 5.31. The Balaban J connectivity index is 1.57. The molecule has 1 N–H and O–H groups in total. The van der Waals surface area contributed by atoms with Crippen LogP contribution in [0.5, 0.6) is 11.5 Å². The molecular formula is C26H20ClNO4. The van der Waals surface area contributed by atoms with Gasteiger partial charge >= 0.3 is 5.97 Å². The molecule has 0 aliphatic heterocycles. The number of hydrogen-bond donors (Lipinski definition) is 1. The molecule has 1 aromatic heterocycles. The van der Waals surface area contributed by atoms with E-state index in [4.69, 9.17) is 21.1 Å². The van der Waals surface area contributed by atoms with Crippen molar-refractivity contribution < 1.29 is 19.4 Å². The largest absolute Gasteiger partial charge is 0.493 e. The molecule has 0 bridgehead atoms. The topological polar surface area (TPSA) is 68.7 Å². The molecule has 0 radical (unpaired) electrons. The molecule has 6 heteroatoms. The Labute approximate surface area is 190 Å². The molecule has 0 aliphatic rings. The van der Waals surface area contributed by atoms with Crippen LogP contribution in [0.15, 0.2) is 72.8 Å². The van der Waals surface area contributed by atoms with E-state index in [1.165, 1.54) is 0 Å². The van der Waals surface area contributed by atoms with Gasteiger partial charge < -0.3 is 14.6 Å². The minimum Gasteiger partial charge on any atom is -0.493 e. The van der Waals surface area contributed by atoms with E-state index in [0.29, 0.717) is 39.7 Å². The van der Waals surface area contributed by atoms with E-state index in [9.17, 15) is 9.90 Å². The van der Waals surface area contributed by atoms with E-state index in [1.807, 2.05) is 54.6 Å². The van der Waals surface area contributed by atoms with Gasteiger partial charge in [0.05, 0.1) is 23.9 Å². The Hall–Kier alpha value is -3.83. The third kappa shape index (κ3) is 4.74. The predicted octanol–water partition coefficient (Wildman–Crippen LogP) is 6.34. The van der Waals surface area contributed by atoms with Crippen LogP contribution in [0.2, 0.25) is 5.02 Å². The number of fused-ring (bicyclic) bond motifs is 1. The zero-order valence-electron chi connectivity index (χ0n) is 17.3. The molecule has 0 aliphatic carbocycles. The van der Waals surface area contributed by atoms with Crippen molar-refractivity contribution >= 4 is 40.6 Å². The Morgan fingerprint density at radius 3 is 2.56 bits per heavy atom. The minimum absolute atomic E-state index is 0.219. The Bertz CT molecular complexity index is 1320. The monoisotopic (exact) mass is 445 g/mol. The SMILES string of the molecule is COc1cc(C=Cc2cc(C(=O)O)c3ccccc3n2)ccc1OCc1ccccc1Cl. The summed E-state index contributed by atoms with van der Waals surface area (Å²) >= 11 is 6.19. The average Bonchev–Trinajstić information content (AvgIpc) is 2.81. The first-order valence-corrected chi connectivity index (χ1v) is 10.3. The number of ether oxygens (including phenoxy) is 2. The van der Waals surface area contributed by atoms with E-state index < -0.39 is 5.97 Å². The van der Waals surface area contributed by atoms with Gasteiger partial charge in [0.25, 0.3) is 0 Å². The van der Waals surface area contributed by atoms with Crippen LogP contribution in [-0.2, 0) is 6.61 Å². The van der Waals surface area contributed by atoms with E-state index in [-0.39, 0.29) is 5.56 Å². The first-order chi connectivity index (χ1) is 15.5. The van der Waals surface area contributed by atoms with Crippen LogP contribution in [-0.4, -0.2) is 23.2 Å². The second-order valence-corrected chi connectivity index (χ2v) is 7.45. The highest BCUT2D eigenvalue weighted by atomic mass is 35.5. The molecule has 5 nitrogen and oxygen atoms in total. The minimum atomic E-state index is -0.986. The molecule has 1 heterocycles. The Morgan fingerprint density at radius 1 is 1.00 bits per heavy atom. The summed E-state index contributed by atoms with van der Waals surface area (Å²) in [7, 11) is 1.58. The molecule has 0 saturated heterocycles. The molecular weight excluding hydrogens is 426 g/mol. The van der Waals surface area contributed by atoms with Gasteiger partial charge in [0.2, 0.25) is 0 Å². The quantitative estimate of drug-likeness (QED) is 0.359. The third-order valence-electron chi connectivity index (χ3n) is 4.94. The van der Waals surface area contributed by atoms with Gasteiger partial charge in [-0.15, -0.1) is 0 Å². The number of hydrogen-bond acceptors (Lipinski definition) is 4. The van der Waals surface area contributed by atoms with Crippen LogP contribution in [0.4, 0.5) is 0 Å². The Kier molecular flexibility index (Phi) is 6.38. The molecule has 0 amide bonds. The van der Waals surface area contributed by atoms with Crippen LogP contribution >= 0.6 is 11.6 Å². The normalized spacial score (nSPS) is 11.1. The molecule has 0 unspecified atom stereocenters. The number of carboxylic acids is 1. The van der Waals surface area contributed by atoms with Gasteiger partial charge in [-0.2, -0.15) is 0 Å². The van der Waals surface area contributed by atoms with E-state index >= 15 is 0 Å². The van der Waals surface area contributed by atoms with Crippen LogP contribution in [0.1, 0.15) is 27.2 Å². The lowest BCUT2D eigenvalue weighted by atomic mass is 10.1.